The van der Waals surface area contributed by atoms with Crippen LogP contribution in [0, 0.1) is 5.92 Å². The fraction of sp³-hybridized carbons (Fsp3) is 0.694. The second-order valence-corrected chi connectivity index (χ2v) is 12.6. The fourth-order valence-electron chi connectivity index (χ4n) is 3.90. The summed E-state index contributed by atoms with van der Waals surface area (Å²) in [6.07, 6.45) is 2.99. The Bertz CT molecular complexity index is 1100. The summed E-state index contributed by atoms with van der Waals surface area (Å²) in [7, 11) is 3.45. The van der Waals surface area contributed by atoms with Crippen molar-refractivity contribution in [2.45, 2.75) is 112 Å². The number of urea groups is 1. The van der Waals surface area contributed by atoms with Crippen LogP contribution in [0.2, 0.25) is 0 Å². The van der Waals surface area contributed by atoms with Crippen molar-refractivity contribution in [3.8, 4) is 0 Å². The van der Waals surface area contributed by atoms with Crippen LogP contribution >= 0.6 is 0 Å². The number of anilines is 1. The van der Waals surface area contributed by atoms with Crippen LogP contribution < -0.4 is 32.3 Å². The normalized spacial score (nSPS) is 11.1. The standard InChI is InChI=1S/C31H53N7O7.C3H8.C2H6/c1-22(2)14-19-45-31(3,4)15-13-26(39)35-20-27(40)37-25(8-7-16-34-29(32)42)28(41)36-24-11-9-23(10-12-24)21-44-30(43)38(6)18-17-33-5;1-3-2;1-2/h9-12,22,25,33H,7-8,13-21H2,1-6H3,(H,35,39)(H,36,41)(H,37,40)(H3,32,34,42);3H2,1-2H3;1-2H3. The number of hydrogen-bond acceptors (Lipinski definition) is 8. The molecule has 288 valence electrons. The van der Waals surface area contributed by atoms with E-state index in [-0.39, 0.29) is 38.4 Å². The van der Waals surface area contributed by atoms with E-state index in [4.69, 9.17) is 15.2 Å². The molecule has 1 aromatic rings. The SMILES string of the molecule is CC.CCC.CNCCN(C)C(=O)OCc1ccc(NC(=O)C(CCCNC(N)=O)NC(=O)CNC(=O)CCC(C)(C)OCCC(C)C)cc1. The Morgan fingerprint density at radius 3 is 2.12 bits per heavy atom. The van der Waals surface area contributed by atoms with E-state index >= 15 is 0 Å². The molecule has 0 aliphatic carbocycles. The van der Waals surface area contributed by atoms with E-state index in [1.807, 2.05) is 27.7 Å². The van der Waals surface area contributed by atoms with Crippen molar-refractivity contribution in [1.29, 1.82) is 0 Å². The Kier molecular flexibility index (Phi) is 27.8. The topological polar surface area (TPSA) is 193 Å². The van der Waals surface area contributed by atoms with Gasteiger partial charge < -0.3 is 46.7 Å². The first-order chi connectivity index (χ1) is 23.6. The van der Waals surface area contributed by atoms with Crippen LogP contribution in [0.15, 0.2) is 24.3 Å². The molecule has 0 heterocycles. The van der Waals surface area contributed by atoms with Crippen molar-refractivity contribution in [2.75, 3.05) is 52.2 Å². The number of likely N-dealkylation sites (N-methyl/N-ethyl adjacent to an activating group) is 2. The molecule has 0 aliphatic heterocycles. The first-order valence-corrected chi connectivity index (χ1v) is 17.8. The monoisotopic (exact) mass is 710 g/mol. The predicted molar refractivity (Wildman–Crippen MR) is 200 cm³/mol. The summed E-state index contributed by atoms with van der Waals surface area (Å²) in [5, 5.41) is 13.4. The third-order valence-corrected chi connectivity index (χ3v) is 6.80. The van der Waals surface area contributed by atoms with Crippen molar-refractivity contribution in [3.63, 3.8) is 0 Å². The molecule has 50 heavy (non-hydrogen) atoms. The number of hydrogen-bond donors (Lipinski definition) is 6. The summed E-state index contributed by atoms with van der Waals surface area (Å²) in [5.41, 5.74) is 5.84. The second kappa shape index (κ2) is 28.9. The number of carbonyl (C=O) groups excluding carboxylic acids is 5. The van der Waals surface area contributed by atoms with E-state index in [1.54, 1.807) is 38.4 Å². The van der Waals surface area contributed by atoms with E-state index in [2.05, 4.69) is 54.3 Å². The van der Waals surface area contributed by atoms with Crippen molar-refractivity contribution < 1.29 is 33.4 Å². The van der Waals surface area contributed by atoms with Gasteiger partial charge in [0.2, 0.25) is 17.7 Å². The summed E-state index contributed by atoms with van der Waals surface area (Å²) in [6.45, 7) is 18.1. The number of rotatable bonds is 21. The first-order valence-electron chi connectivity index (χ1n) is 17.8. The molecule has 0 radical (unpaired) electrons. The summed E-state index contributed by atoms with van der Waals surface area (Å²) >= 11 is 0. The molecule has 0 saturated heterocycles. The molecule has 0 spiro atoms. The average Bonchev–Trinajstić information content (AvgIpc) is 3.07. The molecule has 0 aromatic heterocycles. The lowest BCUT2D eigenvalue weighted by Crippen LogP contribution is -2.47. The van der Waals surface area contributed by atoms with Gasteiger partial charge in [0.05, 0.1) is 12.1 Å². The Balaban J connectivity index is 0. The zero-order valence-electron chi connectivity index (χ0n) is 32.3. The number of nitrogens with two attached hydrogens (primary N) is 1. The molecule has 1 rings (SSSR count). The molecule has 1 atom stereocenters. The quantitative estimate of drug-likeness (QED) is 0.100. The number of nitrogens with one attached hydrogen (secondary N) is 5. The predicted octanol–water partition coefficient (Wildman–Crippen LogP) is 4.53. The minimum Gasteiger partial charge on any atom is -0.445 e. The number of primary amides is 1. The molecular formula is C36H67N7O7. The number of carbonyl (C=O) groups is 5. The van der Waals surface area contributed by atoms with Gasteiger partial charge in [-0.25, -0.2) is 9.59 Å². The molecule has 0 saturated carbocycles. The maximum absolute atomic E-state index is 13.1. The Morgan fingerprint density at radius 1 is 0.940 bits per heavy atom. The summed E-state index contributed by atoms with van der Waals surface area (Å²) < 4.78 is 11.2. The van der Waals surface area contributed by atoms with E-state index in [1.165, 1.54) is 11.3 Å². The van der Waals surface area contributed by atoms with Crippen LogP contribution in [0.1, 0.15) is 99.5 Å². The Hall–Kier alpha value is -3.91. The maximum atomic E-state index is 13.1. The third kappa shape index (κ3) is 26.0. The van der Waals surface area contributed by atoms with Crippen molar-refractivity contribution >= 4 is 35.5 Å². The minimum atomic E-state index is -0.939. The molecule has 1 unspecified atom stereocenters. The lowest BCUT2D eigenvalue weighted by Gasteiger charge is -2.25. The molecule has 0 bridgehead atoms. The van der Waals surface area contributed by atoms with Crippen LogP contribution in [0.3, 0.4) is 0 Å². The zero-order valence-corrected chi connectivity index (χ0v) is 32.3. The smallest absolute Gasteiger partial charge is 0.409 e. The van der Waals surface area contributed by atoms with Gasteiger partial charge in [-0.1, -0.05) is 60.1 Å². The van der Waals surface area contributed by atoms with E-state index in [9.17, 15) is 24.0 Å². The average molecular weight is 710 g/mol. The largest absolute Gasteiger partial charge is 0.445 e. The lowest BCUT2D eigenvalue weighted by molar-refractivity contribution is -0.128. The number of ether oxygens (including phenoxy) is 2. The van der Waals surface area contributed by atoms with Gasteiger partial charge in [-0.3, -0.25) is 14.4 Å². The number of amides is 6. The van der Waals surface area contributed by atoms with E-state index in [0.29, 0.717) is 44.1 Å². The van der Waals surface area contributed by atoms with E-state index < -0.39 is 35.6 Å². The van der Waals surface area contributed by atoms with Gasteiger partial charge in [0, 0.05) is 45.4 Å². The van der Waals surface area contributed by atoms with Crippen LogP contribution in [-0.4, -0.2) is 93.3 Å². The van der Waals surface area contributed by atoms with Crippen molar-refractivity contribution in [1.82, 2.24) is 26.2 Å². The summed E-state index contributed by atoms with van der Waals surface area (Å²) in [6, 6.07) is 5.12. The van der Waals surface area contributed by atoms with Gasteiger partial charge in [-0.15, -0.1) is 0 Å². The highest BCUT2D eigenvalue weighted by atomic mass is 16.6. The highest BCUT2D eigenvalue weighted by Gasteiger charge is 2.23. The number of nitrogens with zero attached hydrogens (tertiary/aromatic N) is 1. The van der Waals surface area contributed by atoms with Gasteiger partial charge in [0.1, 0.15) is 12.6 Å². The van der Waals surface area contributed by atoms with Crippen LogP contribution in [0.5, 0.6) is 0 Å². The number of benzene rings is 1. The molecule has 1 aromatic carbocycles. The fourth-order valence-corrected chi connectivity index (χ4v) is 3.90. The molecular weight excluding hydrogens is 642 g/mol. The molecule has 0 fully saturated rings. The molecule has 7 N–H and O–H groups in total. The lowest BCUT2D eigenvalue weighted by atomic mass is 10.0. The van der Waals surface area contributed by atoms with Crippen molar-refractivity contribution in [3.05, 3.63) is 29.8 Å². The molecule has 14 nitrogen and oxygen atoms in total. The van der Waals surface area contributed by atoms with Gasteiger partial charge in [-0.05, 0) is 70.2 Å². The summed E-state index contributed by atoms with van der Waals surface area (Å²) in [5.74, 6) is -0.778. The van der Waals surface area contributed by atoms with Gasteiger partial charge in [0.25, 0.3) is 0 Å². The Morgan fingerprint density at radius 2 is 1.56 bits per heavy atom. The first kappa shape index (κ1) is 48.2. The zero-order chi connectivity index (χ0) is 38.5. The third-order valence-electron chi connectivity index (χ3n) is 6.80. The highest BCUT2D eigenvalue weighted by Crippen LogP contribution is 2.18. The van der Waals surface area contributed by atoms with Crippen LogP contribution in [0.25, 0.3) is 0 Å². The van der Waals surface area contributed by atoms with Crippen LogP contribution in [-0.2, 0) is 30.5 Å². The van der Waals surface area contributed by atoms with Gasteiger partial charge in [0.15, 0.2) is 0 Å². The minimum absolute atomic E-state index is 0.0663. The van der Waals surface area contributed by atoms with E-state index in [0.717, 1.165) is 12.0 Å². The summed E-state index contributed by atoms with van der Waals surface area (Å²) in [4.78, 5) is 62.7. The molecule has 14 heteroatoms. The maximum Gasteiger partial charge on any atom is 0.409 e. The van der Waals surface area contributed by atoms with Crippen molar-refractivity contribution in [2.24, 2.45) is 11.7 Å². The Labute approximate surface area is 300 Å². The molecule has 0 aliphatic rings. The van der Waals surface area contributed by atoms with Gasteiger partial charge in [-0.2, -0.15) is 0 Å². The second-order valence-electron chi connectivity index (χ2n) is 12.6. The van der Waals surface area contributed by atoms with Crippen LogP contribution in [0.4, 0.5) is 15.3 Å². The molecule has 6 amide bonds. The highest BCUT2D eigenvalue weighted by molar-refractivity contribution is 5.97. The van der Waals surface area contributed by atoms with Gasteiger partial charge >= 0.3 is 12.1 Å².